The Morgan fingerprint density at radius 3 is 2.45 bits per heavy atom. The van der Waals surface area contributed by atoms with Gasteiger partial charge in [-0.15, -0.1) is 0 Å². The van der Waals surface area contributed by atoms with Crippen LogP contribution in [0.5, 0.6) is 0 Å². The number of anilines is 1. The van der Waals surface area contributed by atoms with E-state index in [9.17, 15) is 10.1 Å². The van der Waals surface area contributed by atoms with Crippen LogP contribution in [0.4, 0.5) is 5.88 Å². The van der Waals surface area contributed by atoms with Crippen molar-refractivity contribution in [3.05, 3.63) is 82.4 Å². The zero-order chi connectivity index (χ0) is 21.8. The third-order valence-electron chi connectivity index (χ3n) is 5.35. The Hall–Kier alpha value is -3.85. The number of oxazole rings is 1. The molecule has 0 bridgehead atoms. The molecule has 0 spiro atoms. The third-order valence-corrected chi connectivity index (χ3v) is 5.35. The minimum atomic E-state index is 0.0307. The molecule has 6 heteroatoms. The van der Waals surface area contributed by atoms with Crippen LogP contribution < -0.4 is 4.90 Å². The number of carbonyl (C=O) groups excluding carboxylic acids is 1. The molecule has 156 valence electrons. The molecule has 1 aliphatic heterocycles. The molecule has 3 aromatic rings. The highest BCUT2D eigenvalue weighted by Crippen LogP contribution is 2.24. The van der Waals surface area contributed by atoms with Crippen LogP contribution >= 0.6 is 0 Å². The molecule has 0 N–H and O–H groups in total. The Labute approximate surface area is 182 Å². The van der Waals surface area contributed by atoms with Crippen LogP contribution in [0.3, 0.4) is 0 Å². The lowest BCUT2D eigenvalue weighted by molar-refractivity contribution is 0.0745. The van der Waals surface area contributed by atoms with Crippen molar-refractivity contribution in [3.8, 4) is 6.07 Å². The molecule has 1 aliphatic rings. The second kappa shape index (κ2) is 8.88. The predicted octanol–water partition coefficient (Wildman–Crippen LogP) is 4.30. The van der Waals surface area contributed by atoms with Gasteiger partial charge in [0.1, 0.15) is 6.07 Å². The Kier molecular flexibility index (Phi) is 5.85. The number of carbonyl (C=O) groups is 1. The number of nitriles is 1. The van der Waals surface area contributed by atoms with Crippen molar-refractivity contribution < 1.29 is 9.21 Å². The van der Waals surface area contributed by atoms with E-state index in [2.05, 4.69) is 11.1 Å². The molecule has 1 fully saturated rings. The van der Waals surface area contributed by atoms with Crippen molar-refractivity contribution in [2.24, 2.45) is 0 Å². The third kappa shape index (κ3) is 4.67. The number of nitrogens with zero attached hydrogens (tertiary/aromatic N) is 4. The van der Waals surface area contributed by atoms with Gasteiger partial charge in [0.25, 0.3) is 5.91 Å². The molecule has 2 heterocycles. The molecule has 0 unspecified atom stereocenters. The normalized spacial score (nSPS) is 14.1. The summed E-state index contributed by atoms with van der Waals surface area (Å²) in [7, 11) is 0. The van der Waals surface area contributed by atoms with E-state index in [0.29, 0.717) is 43.5 Å². The topological polar surface area (TPSA) is 73.4 Å². The van der Waals surface area contributed by atoms with Gasteiger partial charge < -0.3 is 14.2 Å². The lowest BCUT2D eigenvalue weighted by Gasteiger charge is -2.34. The van der Waals surface area contributed by atoms with E-state index in [1.807, 2.05) is 78.3 Å². The lowest BCUT2D eigenvalue weighted by Crippen LogP contribution is -2.48. The number of hydrogen-bond donors (Lipinski definition) is 0. The smallest absolute Gasteiger partial charge is 0.253 e. The van der Waals surface area contributed by atoms with Crippen LogP contribution in [0.15, 0.2) is 52.9 Å². The fourth-order valence-electron chi connectivity index (χ4n) is 3.61. The SMILES string of the molecule is Cc1ccc(C=Cc2nc(C#N)c(N3CCN(C(=O)c4cccc(C)c4)CC3)o2)cc1. The molecule has 0 atom stereocenters. The number of piperazine rings is 1. The standard InChI is InChI=1S/C25H24N4O2/c1-18-6-8-20(9-7-18)10-11-23-27-22(17-26)25(31-23)29-14-12-28(13-15-29)24(30)21-5-3-4-19(2)16-21/h3-11,16H,12-15H2,1-2H3. The van der Waals surface area contributed by atoms with Gasteiger partial charge in [0, 0.05) is 37.8 Å². The predicted molar refractivity (Wildman–Crippen MR) is 121 cm³/mol. The number of aromatic nitrogens is 1. The fraction of sp³-hybridized carbons (Fsp3) is 0.240. The average molecular weight is 412 g/mol. The summed E-state index contributed by atoms with van der Waals surface area (Å²) in [4.78, 5) is 20.9. The maximum absolute atomic E-state index is 12.8. The van der Waals surface area contributed by atoms with Gasteiger partial charge >= 0.3 is 0 Å². The van der Waals surface area contributed by atoms with Gasteiger partial charge in [-0.25, -0.2) is 0 Å². The summed E-state index contributed by atoms with van der Waals surface area (Å²) in [5, 5.41) is 9.51. The summed E-state index contributed by atoms with van der Waals surface area (Å²) in [5.41, 5.74) is 4.27. The molecule has 6 nitrogen and oxygen atoms in total. The van der Waals surface area contributed by atoms with Crippen molar-refractivity contribution in [3.63, 3.8) is 0 Å². The highest BCUT2D eigenvalue weighted by molar-refractivity contribution is 5.94. The molecule has 1 saturated heterocycles. The van der Waals surface area contributed by atoms with Gasteiger partial charge in [-0.2, -0.15) is 10.2 Å². The minimum Gasteiger partial charge on any atom is -0.420 e. The number of aryl methyl sites for hydroxylation is 2. The van der Waals surface area contributed by atoms with Crippen molar-refractivity contribution in [2.75, 3.05) is 31.1 Å². The maximum Gasteiger partial charge on any atom is 0.253 e. The largest absolute Gasteiger partial charge is 0.420 e. The monoisotopic (exact) mass is 412 g/mol. The van der Waals surface area contributed by atoms with Crippen LogP contribution in [0.2, 0.25) is 0 Å². The number of hydrogen-bond acceptors (Lipinski definition) is 5. The van der Waals surface area contributed by atoms with Crippen LogP contribution in [0, 0.1) is 25.2 Å². The first-order chi connectivity index (χ1) is 15.0. The Balaban J connectivity index is 1.44. The molecule has 0 aliphatic carbocycles. The summed E-state index contributed by atoms with van der Waals surface area (Å²) in [6.45, 7) is 6.32. The van der Waals surface area contributed by atoms with Gasteiger partial charge in [-0.05, 0) is 37.6 Å². The first-order valence-electron chi connectivity index (χ1n) is 10.3. The molecule has 4 rings (SSSR count). The highest BCUT2D eigenvalue weighted by Gasteiger charge is 2.26. The summed E-state index contributed by atoms with van der Waals surface area (Å²) in [6, 6.07) is 17.9. The molecule has 31 heavy (non-hydrogen) atoms. The van der Waals surface area contributed by atoms with Crippen LogP contribution in [0.25, 0.3) is 12.2 Å². The van der Waals surface area contributed by atoms with Gasteiger partial charge in [-0.3, -0.25) is 4.79 Å². The molecule has 1 amide bonds. The fourth-order valence-corrected chi connectivity index (χ4v) is 3.61. The Bertz CT molecular complexity index is 1150. The van der Waals surface area contributed by atoms with E-state index < -0.39 is 0 Å². The van der Waals surface area contributed by atoms with Gasteiger partial charge in [0.2, 0.25) is 17.5 Å². The Morgan fingerprint density at radius 2 is 1.77 bits per heavy atom. The second-order valence-electron chi connectivity index (χ2n) is 7.71. The summed E-state index contributed by atoms with van der Waals surface area (Å²) in [6.07, 6.45) is 3.68. The van der Waals surface area contributed by atoms with E-state index in [-0.39, 0.29) is 11.6 Å². The first kappa shape index (κ1) is 20.4. The van der Waals surface area contributed by atoms with E-state index in [4.69, 9.17) is 4.42 Å². The molecule has 0 saturated carbocycles. The van der Waals surface area contributed by atoms with Crippen LogP contribution in [-0.4, -0.2) is 42.0 Å². The van der Waals surface area contributed by atoms with Gasteiger partial charge in [-0.1, -0.05) is 47.5 Å². The zero-order valence-corrected chi connectivity index (χ0v) is 17.7. The summed E-state index contributed by atoms with van der Waals surface area (Å²) >= 11 is 0. The van der Waals surface area contributed by atoms with Crippen molar-refractivity contribution in [2.45, 2.75) is 13.8 Å². The first-order valence-corrected chi connectivity index (χ1v) is 10.3. The zero-order valence-electron chi connectivity index (χ0n) is 17.7. The number of rotatable bonds is 4. The molecular weight excluding hydrogens is 388 g/mol. The molecule has 2 aromatic carbocycles. The lowest BCUT2D eigenvalue weighted by atomic mass is 10.1. The second-order valence-corrected chi connectivity index (χ2v) is 7.71. The number of amides is 1. The van der Waals surface area contributed by atoms with Crippen LogP contribution in [0.1, 0.15) is 38.6 Å². The average Bonchev–Trinajstić information content (AvgIpc) is 3.22. The van der Waals surface area contributed by atoms with E-state index in [1.165, 1.54) is 5.56 Å². The Morgan fingerprint density at radius 1 is 1.03 bits per heavy atom. The summed E-state index contributed by atoms with van der Waals surface area (Å²) in [5.74, 6) is 0.891. The number of benzene rings is 2. The molecule has 1 aromatic heterocycles. The quantitative estimate of drug-likeness (QED) is 0.639. The summed E-state index contributed by atoms with van der Waals surface area (Å²) < 4.78 is 5.89. The highest BCUT2D eigenvalue weighted by atomic mass is 16.4. The van der Waals surface area contributed by atoms with E-state index in [1.54, 1.807) is 6.08 Å². The van der Waals surface area contributed by atoms with Gasteiger partial charge in [0.05, 0.1) is 0 Å². The maximum atomic E-state index is 12.8. The van der Waals surface area contributed by atoms with Crippen LogP contribution in [-0.2, 0) is 0 Å². The molecular formula is C25H24N4O2. The van der Waals surface area contributed by atoms with Crippen molar-refractivity contribution in [1.82, 2.24) is 9.88 Å². The van der Waals surface area contributed by atoms with Gasteiger partial charge in [0.15, 0.2) is 0 Å². The van der Waals surface area contributed by atoms with E-state index >= 15 is 0 Å². The molecule has 0 radical (unpaired) electrons. The van der Waals surface area contributed by atoms with Crippen molar-refractivity contribution >= 4 is 23.9 Å². The van der Waals surface area contributed by atoms with Crippen molar-refractivity contribution in [1.29, 1.82) is 5.26 Å². The van der Waals surface area contributed by atoms with E-state index in [0.717, 1.165) is 11.1 Å². The minimum absolute atomic E-state index is 0.0307.